The number of ether oxygens (including phenoxy) is 1. The largest absolute Gasteiger partial charge is 0.376 e. The molecule has 0 aliphatic carbocycles. The van der Waals surface area contributed by atoms with Crippen LogP contribution in [-0.2, 0) is 11.2 Å². The molecule has 1 aromatic carbocycles. The fraction of sp³-hybridized carbons (Fsp3) is 0.625. The summed E-state index contributed by atoms with van der Waals surface area (Å²) in [6.07, 6.45) is 2.36. The molecule has 3 unspecified atom stereocenters. The maximum atomic E-state index is 5.86. The molecular weight excluding hydrogens is 236 g/mol. The quantitative estimate of drug-likeness (QED) is 0.906. The zero-order valence-electron chi connectivity index (χ0n) is 12.5. The van der Waals surface area contributed by atoms with Crippen molar-refractivity contribution in [3.63, 3.8) is 0 Å². The van der Waals surface area contributed by atoms with Crippen LogP contribution in [0.15, 0.2) is 18.2 Å². The van der Waals surface area contributed by atoms with E-state index in [0.29, 0.717) is 12.1 Å². The predicted molar refractivity (Wildman–Crippen MR) is 80.8 cm³/mol. The van der Waals surface area contributed by atoms with Crippen molar-refractivity contribution in [1.29, 1.82) is 0 Å². The Labute approximate surface area is 116 Å². The summed E-state index contributed by atoms with van der Waals surface area (Å²) in [6, 6.07) is 7.38. The third-order valence-electron chi connectivity index (χ3n) is 4.03. The van der Waals surface area contributed by atoms with Crippen LogP contribution in [0.25, 0.3) is 0 Å². The molecule has 3 heteroatoms. The minimum atomic E-state index is 0.214. The Morgan fingerprint density at radius 1 is 1.47 bits per heavy atom. The van der Waals surface area contributed by atoms with Gasteiger partial charge in [-0.3, -0.25) is 0 Å². The van der Waals surface area contributed by atoms with Crippen LogP contribution in [0.4, 0.5) is 5.69 Å². The first-order valence-electron chi connectivity index (χ1n) is 7.18. The zero-order chi connectivity index (χ0) is 14.0. The molecule has 106 valence electrons. The van der Waals surface area contributed by atoms with Crippen LogP contribution in [0.2, 0.25) is 0 Å². The molecule has 0 saturated carbocycles. The number of nitrogens with two attached hydrogens (primary N) is 1. The van der Waals surface area contributed by atoms with E-state index in [1.807, 2.05) is 6.92 Å². The van der Waals surface area contributed by atoms with E-state index in [1.165, 1.54) is 16.8 Å². The Balaban J connectivity index is 2.16. The van der Waals surface area contributed by atoms with Crippen LogP contribution in [0, 0.1) is 6.92 Å². The third-order valence-corrected chi connectivity index (χ3v) is 4.03. The maximum Gasteiger partial charge on any atom is 0.0750 e. The highest BCUT2D eigenvalue weighted by atomic mass is 16.5. The van der Waals surface area contributed by atoms with Crippen molar-refractivity contribution in [3.8, 4) is 0 Å². The first-order valence-corrected chi connectivity index (χ1v) is 7.18. The molecule has 0 bridgehead atoms. The SMILES string of the molecule is Cc1cc(CC(C)N)ccc1N(C)C1CCOC1C. The van der Waals surface area contributed by atoms with Crippen LogP contribution in [0.3, 0.4) is 0 Å². The molecule has 0 spiro atoms. The van der Waals surface area contributed by atoms with Gasteiger partial charge in [-0.05, 0) is 50.8 Å². The van der Waals surface area contributed by atoms with Crippen molar-refractivity contribution in [2.45, 2.75) is 51.8 Å². The van der Waals surface area contributed by atoms with Gasteiger partial charge < -0.3 is 15.4 Å². The normalized spacial score (nSPS) is 24.5. The number of nitrogens with zero attached hydrogens (tertiary/aromatic N) is 1. The van der Waals surface area contributed by atoms with Gasteiger partial charge in [-0.25, -0.2) is 0 Å². The van der Waals surface area contributed by atoms with Crippen molar-refractivity contribution >= 4 is 5.69 Å². The van der Waals surface area contributed by atoms with Crippen LogP contribution in [0.1, 0.15) is 31.4 Å². The van der Waals surface area contributed by atoms with Crippen LogP contribution >= 0.6 is 0 Å². The fourth-order valence-corrected chi connectivity index (χ4v) is 3.02. The smallest absolute Gasteiger partial charge is 0.0750 e. The molecule has 0 aromatic heterocycles. The predicted octanol–water partition coefficient (Wildman–Crippen LogP) is 2.50. The zero-order valence-corrected chi connectivity index (χ0v) is 12.5. The van der Waals surface area contributed by atoms with E-state index in [9.17, 15) is 0 Å². The number of likely N-dealkylation sites (N-methyl/N-ethyl adjacent to an activating group) is 1. The summed E-state index contributed by atoms with van der Waals surface area (Å²) < 4.78 is 5.67. The summed E-state index contributed by atoms with van der Waals surface area (Å²) in [6.45, 7) is 7.26. The van der Waals surface area contributed by atoms with Gasteiger partial charge in [0.05, 0.1) is 12.1 Å². The molecule has 19 heavy (non-hydrogen) atoms. The van der Waals surface area contributed by atoms with E-state index >= 15 is 0 Å². The van der Waals surface area contributed by atoms with Gasteiger partial charge in [-0.1, -0.05) is 12.1 Å². The standard InChI is InChI=1S/C16H26N2O/c1-11-9-14(10-12(2)17)5-6-15(11)18(4)16-7-8-19-13(16)3/h5-6,9,12-13,16H,7-8,10,17H2,1-4H3. The first kappa shape index (κ1) is 14.4. The lowest BCUT2D eigenvalue weighted by Gasteiger charge is -2.30. The van der Waals surface area contributed by atoms with E-state index in [4.69, 9.17) is 10.5 Å². The van der Waals surface area contributed by atoms with Crippen molar-refractivity contribution in [1.82, 2.24) is 0 Å². The average Bonchev–Trinajstić information content (AvgIpc) is 2.74. The monoisotopic (exact) mass is 262 g/mol. The molecule has 1 aliphatic rings. The number of rotatable bonds is 4. The lowest BCUT2D eigenvalue weighted by molar-refractivity contribution is 0.118. The van der Waals surface area contributed by atoms with Gasteiger partial charge in [-0.2, -0.15) is 0 Å². The van der Waals surface area contributed by atoms with E-state index in [1.54, 1.807) is 0 Å². The van der Waals surface area contributed by atoms with Crippen molar-refractivity contribution in [2.75, 3.05) is 18.6 Å². The average molecular weight is 262 g/mol. The second-order valence-corrected chi connectivity index (χ2v) is 5.85. The lowest BCUT2D eigenvalue weighted by Crippen LogP contribution is -2.37. The highest BCUT2D eigenvalue weighted by molar-refractivity contribution is 5.55. The second kappa shape index (κ2) is 5.93. The molecule has 0 amide bonds. The number of hydrogen-bond acceptors (Lipinski definition) is 3. The van der Waals surface area contributed by atoms with Gasteiger partial charge in [0.15, 0.2) is 0 Å². The molecule has 1 heterocycles. The Morgan fingerprint density at radius 3 is 2.74 bits per heavy atom. The number of anilines is 1. The summed E-state index contributed by atoms with van der Waals surface area (Å²) in [7, 11) is 2.17. The van der Waals surface area contributed by atoms with E-state index in [0.717, 1.165) is 19.4 Å². The summed E-state index contributed by atoms with van der Waals surface area (Å²) in [5.41, 5.74) is 9.80. The van der Waals surface area contributed by atoms with Gasteiger partial charge in [0.1, 0.15) is 0 Å². The number of aryl methyl sites for hydroxylation is 1. The lowest BCUT2D eigenvalue weighted by atomic mass is 10.0. The molecular formula is C16H26N2O. The first-order chi connectivity index (χ1) is 8.99. The van der Waals surface area contributed by atoms with Crippen molar-refractivity contribution < 1.29 is 4.74 Å². The Morgan fingerprint density at radius 2 is 2.21 bits per heavy atom. The van der Waals surface area contributed by atoms with Gasteiger partial charge in [0.25, 0.3) is 0 Å². The molecule has 2 N–H and O–H groups in total. The second-order valence-electron chi connectivity index (χ2n) is 5.85. The van der Waals surface area contributed by atoms with Gasteiger partial charge in [0.2, 0.25) is 0 Å². The van der Waals surface area contributed by atoms with Gasteiger partial charge in [0, 0.05) is 25.4 Å². The minimum Gasteiger partial charge on any atom is -0.376 e. The van der Waals surface area contributed by atoms with Crippen LogP contribution < -0.4 is 10.6 Å². The summed E-state index contributed by atoms with van der Waals surface area (Å²) in [5, 5.41) is 0. The maximum absolute atomic E-state index is 5.86. The van der Waals surface area contributed by atoms with Crippen molar-refractivity contribution in [2.24, 2.45) is 5.73 Å². The van der Waals surface area contributed by atoms with Crippen LogP contribution in [-0.4, -0.2) is 31.8 Å². The molecule has 2 rings (SSSR count). The third kappa shape index (κ3) is 3.28. The fourth-order valence-electron chi connectivity index (χ4n) is 3.02. The van der Waals surface area contributed by atoms with E-state index in [2.05, 4.69) is 44.0 Å². The Kier molecular flexibility index (Phi) is 4.48. The van der Waals surface area contributed by atoms with E-state index < -0.39 is 0 Å². The Bertz CT molecular complexity index is 431. The highest BCUT2D eigenvalue weighted by Gasteiger charge is 2.28. The molecule has 3 atom stereocenters. The topological polar surface area (TPSA) is 38.5 Å². The molecule has 3 nitrogen and oxygen atoms in total. The molecule has 1 saturated heterocycles. The highest BCUT2D eigenvalue weighted by Crippen LogP contribution is 2.27. The number of benzene rings is 1. The summed E-state index contributed by atoms with van der Waals surface area (Å²) in [4.78, 5) is 2.36. The minimum absolute atomic E-state index is 0.214. The van der Waals surface area contributed by atoms with Crippen LogP contribution in [0.5, 0.6) is 0 Å². The summed E-state index contributed by atoms with van der Waals surface area (Å²) in [5.74, 6) is 0. The molecule has 1 aliphatic heterocycles. The number of hydrogen-bond donors (Lipinski definition) is 1. The molecule has 0 radical (unpaired) electrons. The summed E-state index contributed by atoms with van der Waals surface area (Å²) >= 11 is 0. The van der Waals surface area contributed by atoms with E-state index in [-0.39, 0.29) is 6.04 Å². The van der Waals surface area contributed by atoms with Gasteiger partial charge in [-0.15, -0.1) is 0 Å². The molecule has 1 aromatic rings. The van der Waals surface area contributed by atoms with Gasteiger partial charge >= 0.3 is 0 Å². The Hall–Kier alpha value is -1.06. The van der Waals surface area contributed by atoms with Crippen molar-refractivity contribution in [3.05, 3.63) is 29.3 Å². The molecule has 1 fully saturated rings.